The highest BCUT2D eigenvalue weighted by molar-refractivity contribution is 9.11. The number of thiazole rings is 1. The van der Waals surface area contributed by atoms with Gasteiger partial charge in [0, 0.05) is 19.5 Å². The van der Waals surface area contributed by atoms with Gasteiger partial charge in [-0.25, -0.2) is 4.98 Å². The molecule has 1 atom stereocenters. The zero-order valence-corrected chi connectivity index (χ0v) is 9.94. The van der Waals surface area contributed by atoms with E-state index >= 15 is 0 Å². The predicted octanol–water partition coefficient (Wildman–Crippen LogP) is 1.34. The molecule has 1 unspecified atom stereocenters. The Morgan fingerprint density at radius 1 is 1.71 bits per heavy atom. The third-order valence-corrected chi connectivity index (χ3v) is 3.51. The van der Waals surface area contributed by atoms with Gasteiger partial charge in [0.25, 0.3) is 0 Å². The molecule has 0 amide bonds. The van der Waals surface area contributed by atoms with Crippen LogP contribution in [0.3, 0.4) is 0 Å². The molecule has 1 aliphatic rings. The summed E-state index contributed by atoms with van der Waals surface area (Å²) in [5.41, 5.74) is 1.21. The van der Waals surface area contributed by atoms with Gasteiger partial charge in [0.2, 0.25) is 0 Å². The minimum absolute atomic E-state index is 0.345. The molecule has 0 aliphatic carbocycles. The smallest absolute Gasteiger partial charge is 0.0977 e. The Bertz CT molecular complexity index is 350. The highest BCUT2D eigenvalue weighted by Crippen LogP contribution is 2.21. The van der Waals surface area contributed by atoms with Gasteiger partial charge in [0.05, 0.1) is 21.1 Å². The summed E-state index contributed by atoms with van der Waals surface area (Å²) in [6, 6.07) is 0. The van der Waals surface area contributed by atoms with Crippen molar-refractivity contribution in [3.05, 3.63) is 26.6 Å². The molecule has 2 N–H and O–H groups in total. The van der Waals surface area contributed by atoms with Crippen molar-refractivity contribution < 1.29 is 5.11 Å². The Morgan fingerprint density at radius 3 is 3.21 bits per heavy atom. The van der Waals surface area contributed by atoms with Crippen LogP contribution in [0, 0.1) is 0 Å². The standard InChI is InChI=1S/C9H11BrN2OS/c10-8-5-12-9(14-8)2-6-1-7(13)4-11-3-6/h1,5,7,11,13H,2-4H2. The largest absolute Gasteiger partial charge is 0.388 e. The van der Waals surface area contributed by atoms with Crippen LogP contribution < -0.4 is 5.32 Å². The molecule has 3 nitrogen and oxygen atoms in total. The molecule has 0 saturated carbocycles. The zero-order chi connectivity index (χ0) is 9.97. The van der Waals surface area contributed by atoms with E-state index in [9.17, 15) is 5.11 Å². The normalized spacial score (nSPS) is 22.1. The van der Waals surface area contributed by atoms with E-state index in [0.717, 1.165) is 21.8 Å². The molecular weight excluding hydrogens is 264 g/mol. The van der Waals surface area contributed by atoms with Gasteiger partial charge in [-0.2, -0.15) is 0 Å². The van der Waals surface area contributed by atoms with Crippen molar-refractivity contribution in [1.29, 1.82) is 0 Å². The fourth-order valence-corrected chi connectivity index (χ4v) is 2.81. The number of aliphatic hydroxyl groups is 1. The van der Waals surface area contributed by atoms with Gasteiger partial charge < -0.3 is 10.4 Å². The first kappa shape index (κ1) is 10.3. The average molecular weight is 275 g/mol. The van der Waals surface area contributed by atoms with Crippen LogP contribution in [0.15, 0.2) is 21.6 Å². The minimum atomic E-state index is -0.345. The van der Waals surface area contributed by atoms with Crippen molar-refractivity contribution in [2.45, 2.75) is 12.5 Å². The van der Waals surface area contributed by atoms with Crippen molar-refractivity contribution in [1.82, 2.24) is 10.3 Å². The van der Waals surface area contributed by atoms with Crippen LogP contribution in [-0.2, 0) is 6.42 Å². The molecule has 14 heavy (non-hydrogen) atoms. The predicted molar refractivity (Wildman–Crippen MR) is 60.5 cm³/mol. The monoisotopic (exact) mass is 274 g/mol. The van der Waals surface area contributed by atoms with E-state index in [2.05, 4.69) is 26.2 Å². The van der Waals surface area contributed by atoms with E-state index in [4.69, 9.17) is 0 Å². The minimum Gasteiger partial charge on any atom is -0.388 e. The van der Waals surface area contributed by atoms with Crippen molar-refractivity contribution in [2.24, 2.45) is 0 Å². The number of aromatic nitrogens is 1. The second kappa shape index (κ2) is 4.53. The number of aliphatic hydroxyl groups excluding tert-OH is 1. The second-order valence-corrected chi connectivity index (χ2v) is 5.75. The third-order valence-electron chi connectivity index (χ3n) is 2.04. The van der Waals surface area contributed by atoms with E-state index in [-0.39, 0.29) is 6.10 Å². The Morgan fingerprint density at radius 2 is 2.57 bits per heavy atom. The van der Waals surface area contributed by atoms with E-state index in [1.807, 2.05) is 12.3 Å². The molecule has 0 radical (unpaired) electrons. The van der Waals surface area contributed by atoms with Crippen molar-refractivity contribution in [3.63, 3.8) is 0 Å². The fraction of sp³-hybridized carbons (Fsp3) is 0.444. The molecule has 0 spiro atoms. The molecule has 0 bridgehead atoms. The molecule has 0 saturated heterocycles. The first-order chi connectivity index (χ1) is 6.74. The number of hydrogen-bond donors (Lipinski definition) is 2. The molecule has 2 heterocycles. The summed E-state index contributed by atoms with van der Waals surface area (Å²) in [5.74, 6) is 0. The number of nitrogens with one attached hydrogen (secondary N) is 1. The Labute approximate surface area is 95.0 Å². The molecule has 1 aromatic rings. The molecule has 2 rings (SSSR count). The maximum Gasteiger partial charge on any atom is 0.0977 e. The molecule has 0 aromatic carbocycles. The number of halogens is 1. The second-order valence-electron chi connectivity index (χ2n) is 3.26. The first-order valence-electron chi connectivity index (χ1n) is 4.42. The maximum atomic E-state index is 9.40. The number of hydrogen-bond acceptors (Lipinski definition) is 4. The quantitative estimate of drug-likeness (QED) is 0.801. The average Bonchev–Trinajstić information content (AvgIpc) is 2.51. The zero-order valence-electron chi connectivity index (χ0n) is 7.53. The van der Waals surface area contributed by atoms with E-state index in [1.54, 1.807) is 11.3 Å². The lowest BCUT2D eigenvalue weighted by Gasteiger charge is -2.17. The lowest BCUT2D eigenvalue weighted by atomic mass is 10.1. The number of rotatable bonds is 2. The molecule has 76 valence electrons. The van der Waals surface area contributed by atoms with E-state index in [0.29, 0.717) is 6.54 Å². The fourth-order valence-electron chi connectivity index (χ4n) is 1.46. The van der Waals surface area contributed by atoms with Gasteiger partial charge in [-0.05, 0) is 15.9 Å². The SMILES string of the molecule is OC1C=C(Cc2ncc(Br)s2)CNC1. The van der Waals surface area contributed by atoms with Gasteiger partial charge in [-0.15, -0.1) is 11.3 Å². The molecule has 1 aromatic heterocycles. The summed E-state index contributed by atoms with van der Waals surface area (Å²) >= 11 is 5.02. The van der Waals surface area contributed by atoms with Crippen molar-refractivity contribution >= 4 is 27.3 Å². The highest BCUT2D eigenvalue weighted by atomic mass is 79.9. The van der Waals surface area contributed by atoms with Crippen LogP contribution in [0.5, 0.6) is 0 Å². The lowest BCUT2D eigenvalue weighted by molar-refractivity contribution is 0.213. The van der Waals surface area contributed by atoms with Crippen LogP contribution in [-0.4, -0.2) is 29.3 Å². The van der Waals surface area contributed by atoms with Gasteiger partial charge in [-0.1, -0.05) is 11.6 Å². The van der Waals surface area contributed by atoms with Gasteiger partial charge in [0.15, 0.2) is 0 Å². The summed E-state index contributed by atoms with van der Waals surface area (Å²) in [6.45, 7) is 1.51. The maximum absolute atomic E-state index is 9.40. The molecule has 1 aliphatic heterocycles. The van der Waals surface area contributed by atoms with Gasteiger partial charge in [-0.3, -0.25) is 0 Å². The summed E-state index contributed by atoms with van der Waals surface area (Å²) in [7, 11) is 0. The van der Waals surface area contributed by atoms with E-state index in [1.165, 1.54) is 5.57 Å². The molecule has 0 fully saturated rings. The highest BCUT2D eigenvalue weighted by Gasteiger charge is 2.11. The van der Waals surface area contributed by atoms with Crippen LogP contribution in [0.4, 0.5) is 0 Å². The third kappa shape index (κ3) is 2.63. The van der Waals surface area contributed by atoms with Crippen LogP contribution >= 0.6 is 27.3 Å². The van der Waals surface area contributed by atoms with Crippen molar-refractivity contribution in [3.8, 4) is 0 Å². The molecular formula is C9H11BrN2OS. The van der Waals surface area contributed by atoms with Crippen LogP contribution in [0.25, 0.3) is 0 Å². The Hall–Kier alpha value is -0.230. The first-order valence-corrected chi connectivity index (χ1v) is 6.03. The van der Waals surface area contributed by atoms with Crippen LogP contribution in [0.1, 0.15) is 5.01 Å². The van der Waals surface area contributed by atoms with Gasteiger partial charge in [0.1, 0.15) is 0 Å². The summed E-state index contributed by atoms with van der Waals surface area (Å²) in [6.07, 6.45) is 4.22. The molecule has 5 heteroatoms. The summed E-state index contributed by atoms with van der Waals surface area (Å²) in [5, 5.41) is 13.6. The van der Waals surface area contributed by atoms with Crippen molar-refractivity contribution in [2.75, 3.05) is 13.1 Å². The Balaban J connectivity index is 2.03. The Kier molecular flexibility index (Phi) is 3.33. The van der Waals surface area contributed by atoms with Crippen LogP contribution in [0.2, 0.25) is 0 Å². The topological polar surface area (TPSA) is 45.2 Å². The summed E-state index contributed by atoms with van der Waals surface area (Å²) < 4.78 is 1.05. The van der Waals surface area contributed by atoms with E-state index < -0.39 is 0 Å². The lowest BCUT2D eigenvalue weighted by Crippen LogP contribution is -2.32. The summed E-state index contributed by atoms with van der Waals surface area (Å²) in [4.78, 5) is 4.26. The number of nitrogens with zero attached hydrogens (tertiary/aromatic N) is 1. The number of β-amino-alcohol motifs (C(OH)–C–C–N with tert-alkyl or cyclic N) is 1. The van der Waals surface area contributed by atoms with Gasteiger partial charge >= 0.3 is 0 Å².